The Morgan fingerprint density at radius 2 is 1.78 bits per heavy atom. The maximum absolute atomic E-state index is 12.1. The average molecular weight is 351 g/mol. The molecule has 0 atom stereocenters. The summed E-state index contributed by atoms with van der Waals surface area (Å²) < 4.78 is 0. The molecule has 2 N–H and O–H groups in total. The Labute approximate surface area is 144 Å². The number of carbonyl (C=O) groups excluding carboxylic acids is 2. The van der Waals surface area contributed by atoms with Crippen molar-refractivity contribution >= 4 is 40.7 Å². The zero-order chi connectivity index (χ0) is 17.0. The van der Waals surface area contributed by atoms with Crippen molar-refractivity contribution in [3.63, 3.8) is 0 Å². The number of amides is 2. The fraction of sp³-hybridized carbons (Fsp3) is 0.176. The van der Waals surface area contributed by atoms with Gasteiger partial charge < -0.3 is 10.6 Å². The third kappa shape index (κ3) is 4.47. The summed E-state index contributed by atoms with van der Waals surface area (Å²) in [6.07, 6.45) is 0.188. The summed E-state index contributed by atoms with van der Waals surface area (Å²) in [5.41, 5.74) is 2.81. The van der Waals surface area contributed by atoms with Crippen molar-refractivity contribution in [1.29, 1.82) is 0 Å². The van der Waals surface area contributed by atoms with Crippen molar-refractivity contribution in [2.45, 2.75) is 13.3 Å². The monoisotopic (exact) mass is 350 g/mol. The van der Waals surface area contributed by atoms with Crippen LogP contribution in [0.15, 0.2) is 36.4 Å². The lowest BCUT2D eigenvalue weighted by molar-refractivity contribution is -0.115. The highest BCUT2D eigenvalue weighted by Crippen LogP contribution is 2.23. The van der Waals surface area contributed by atoms with Crippen molar-refractivity contribution in [2.75, 3.05) is 12.4 Å². The molecule has 0 saturated heterocycles. The summed E-state index contributed by atoms with van der Waals surface area (Å²) in [5.74, 6) is -0.332. The van der Waals surface area contributed by atoms with Gasteiger partial charge in [-0.3, -0.25) is 9.59 Å². The minimum absolute atomic E-state index is 0.165. The van der Waals surface area contributed by atoms with E-state index in [1.165, 1.54) is 0 Å². The third-order valence-electron chi connectivity index (χ3n) is 3.34. The Bertz CT molecular complexity index is 760. The zero-order valence-electron chi connectivity index (χ0n) is 12.7. The summed E-state index contributed by atoms with van der Waals surface area (Å²) in [6, 6.07) is 10.2. The van der Waals surface area contributed by atoms with Crippen molar-refractivity contribution in [1.82, 2.24) is 5.32 Å². The van der Waals surface area contributed by atoms with Crippen LogP contribution in [0.2, 0.25) is 10.0 Å². The number of carbonyl (C=O) groups is 2. The van der Waals surface area contributed by atoms with Crippen LogP contribution in [0.3, 0.4) is 0 Å². The van der Waals surface area contributed by atoms with Gasteiger partial charge in [0.25, 0.3) is 5.91 Å². The maximum Gasteiger partial charge on any atom is 0.251 e. The Balaban J connectivity index is 2.08. The highest BCUT2D eigenvalue weighted by molar-refractivity contribution is 6.42. The SMILES string of the molecule is CNC(=O)c1ccc(NC(=O)Cc2ccc(Cl)c(Cl)c2)c(C)c1. The molecule has 0 bridgehead atoms. The van der Waals surface area contributed by atoms with Gasteiger partial charge in [0.2, 0.25) is 5.91 Å². The molecule has 0 unspecified atom stereocenters. The molecule has 0 aliphatic heterocycles. The molecule has 23 heavy (non-hydrogen) atoms. The van der Waals surface area contributed by atoms with Crippen LogP contribution in [-0.2, 0) is 11.2 Å². The van der Waals surface area contributed by atoms with Crippen LogP contribution in [0, 0.1) is 6.92 Å². The molecule has 120 valence electrons. The van der Waals surface area contributed by atoms with Gasteiger partial charge in [0.05, 0.1) is 16.5 Å². The lowest BCUT2D eigenvalue weighted by Gasteiger charge is -2.10. The number of benzene rings is 2. The van der Waals surface area contributed by atoms with E-state index < -0.39 is 0 Å². The van der Waals surface area contributed by atoms with Gasteiger partial charge in [0, 0.05) is 18.3 Å². The number of anilines is 1. The Kier molecular flexibility index (Phi) is 5.64. The summed E-state index contributed by atoms with van der Waals surface area (Å²) >= 11 is 11.8. The molecule has 0 aliphatic carbocycles. The smallest absolute Gasteiger partial charge is 0.251 e. The van der Waals surface area contributed by atoms with E-state index in [4.69, 9.17) is 23.2 Å². The highest BCUT2D eigenvalue weighted by atomic mass is 35.5. The Hall–Kier alpha value is -2.04. The van der Waals surface area contributed by atoms with E-state index in [2.05, 4.69) is 10.6 Å². The molecule has 0 radical (unpaired) electrons. The molecule has 2 amide bonds. The highest BCUT2D eigenvalue weighted by Gasteiger charge is 2.10. The lowest BCUT2D eigenvalue weighted by Crippen LogP contribution is -2.19. The summed E-state index contributed by atoms with van der Waals surface area (Å²) in [4.78, 5) is 23.7. The Morgan fingerprint density at radius 3 is 2.39 bits per heavy atom. The zero-order valence-corrected chi connectivity index (χ0v) is 14.3. The fourth-order valence-corrected chi connectivity index (χ4v) is 2.44. The minimum atomic E-state index is -0.167. The topological polar surface area (TPSA) is 58.2 Å². The van der Waals surface area contributed by atoms with Crippen LogP contribution >= 0.6 is 23.2 Å². The second kappa shape index (κ2) is 7.49. The van der Waals surface area contributed by atoms with Gasteiger partial charge in [0.15, 0.2) is 0 Å². The second-order valence-corrected chi connectivity index (χ2v) is 5.90. The number of halogens is 2. The van der Waals surface area contributed by atoms with E-state index in [1.807, 2.05) is 6.92 Å². The van der Waals surface area contributed by atoms with Crippen LogP contribution < -0.4 is 10.6 Å². The van der Waals surface area contributed by atoms with Crippen LogP contribution in [0.4, 0.5) is 5.69 Å². The summed E-state index contributed by atoms with van der Waals surface area (Å²) in [7, 11) is 1.57. The molecule has 2 aromatic rings. The van der Waals surface area contributed by atoms with E-state index in [0.717, 1.165) is 11.1 Å². The van der Waals surface area contributed by atoms with E-state index in [0.29, 0.717) is 21.3 Å². The molecule has 0 aliphatic rings. The first-order valence-electron chi connectivity index (χ1n) is 6.97. The number of hydrogen-bond donors (Lipinski definition) is 2. The Morgan fingerprint density at radius 1 is 1.04 bits per heavy atom. The van der Waals surface area contributed by atoms with Gasteiger partial charge in [-0.1, -0.05) is 29.3 Å². The molecule has 0 fully saturated rings. The van der Waals surface area contributed by atoms with Crippen molar-refractivity contribution in [3.05, 3.63) is 63.1 Å². The van der Waals surface area contributed by atoms with Crippen LogP contribution in [-0.4, -0.2) is 18.9 Å². The molecule has 0 heterocycles. The first-order chi connectivity index (χ1) is 10.9. The molecular formula is C17H16Cl2N2O2. The molecule has 0 aromatic heterocycles. The number of hydrogen-bond acceptors (Lipinski definition) is 2. The second-order valence-electron chi connectivity index (χ2n) is 5.08. The number of nitrogens with one attached hydrogen (secondary N) is 2. The van der Waals surface area contributed by atoms with Gasteiger partial charge in [0.1, 0.15) is 0 Å². The van der Waals surface area contributed by atoms with E-state index in [9.17, 15) is 9.59 Å². The van der Waals surface area contributed by atoms with Crippen LogP contribution in [0.1, 0.15) is 21.5 Å². The van der Waals surface area contributed by atoms with Gasteiger partial charge in [-0.05, 0) is 48.4 Å². The fourth-order valence-electron chi connectivity index (χ4n) is 2.12. The summed E-state index contributed by atoms with van der Waals surface area (Å²) in [5, 5.41) is 6.27. The predicted molar refractivity (Wildman–Crippen MR) is 93.4 cm³/mol. The molecular weight excluding hydrogens is 335 g/mol. The van der Waals surface area contributed by atoms with Crippen molar-refractivity contribution in [2.24, 2.45) is 0 Å². The first-order valence-corrected chi connectivity index (χ1v) is 7.73. The van der Waals surface area contributed by atoms with Gasteiger partial charge in [-0.15, -0.1) is 0 Å². The van der Waals surface area contributed by atoms with E-state index >= 15 is 0 Å². The minimum Gasteiger partial charge on any atom is -0.355 e. The molecule has 4 nitrogen and oxygen atoms in total. The third-order valence-corrected chi connectivity index (χ3v) is 4.08. The standard InChI is InChI=1S/C17H16Cl2N2O2/c1-10-7-12(17(23)20-2)4-6-15(10)21-16(22)9-11-3-5-13(18)14(19)8-11/h3-8H,9H2,1-2H3,(H,20,23)(H,21,22). The van der Waals surface area contributed by atoms with Crippen LogP contribution in [0.25, 0.3) is 0 Å². The predicted octanol–water partition coefficient (Wildman–Crippen LogP) is 3.84. The van der Waals surface area contributed by atoms with Gasteiger partial charge in [-0.2, -0.15) is 0 Å². The quantitative estimate of drug-likeness (QED) is 0.879. The average Bonchev–Trinajstić information content (AvgIpc) is 2.52. The van der Waals surface area contributed by atoms with Crippen molar-refractivity contribution < 1.29 is 9.59 Å². The molecule has 0 spiro atoms. The molecule has 2 aromatic carbocycles. The molecule has 0 saturated carbocycles. The largest absolute Gasteiger partial charge is 0.355 e. The van der Waals surface area contributed by atoms with E-state index in [-0.39, 0.29) is 18.2 Å². The van der Waals surface area contributed by atoms with Gasteiger partial charge in [-0.25, -0.2) is 0 Å². The molecule has 6 heteroatoms. The lowest BCUT2D eigenvalue weighted by atomic mass is 10.1. The maximum atomic E-state index is 12.1. The van der Waals surface area contributed by atoms with E-state index in [1.54, 1.807) is 43.4 Å². The number of aryl methyl sites for hydroxylation is 1. The number of rotatable bonds is 4. The summed E-state index contributed by atoms with van der Waals surface area (Å²) in [6.45, 7) is 1.83. The first kappa shape index (κ1) is 17.3. The van der Waals surface area contributed by atoms with Crippen LogP contribution in [0.5, 0.6) is 0 Å². The van der Waals surface area contributed by atoms with Crippen molar-refractivity contribution in [3.8, 4) is 0 Å². The normalized spacial score (nSPS) is 10.3. The van der Waals surface area contributed by atoms with Gasteiger partial charge >= 0.3 is 0 Å². The molecule has 2 rings (SSSR count).